The van der Waals surface area contributed by atoms with Gasteiger partial charge >= 0.3 is 0 Å². The fraction of sp³-hybridized carbons (Fsp3) is 0.316. The van der Waals surface area contributed by atoms with Crippen molar-refractivity contribution in [3.05, 3.63) is 53.3 Å². The SMILES string of the molecule is COc1ccc(CC(=O)N(C)Cc2ccccc2F)c(OC)c1OC. The first-order valence-corrected chi connectivity index (χ1v) is 7.77. The number of rotatable bonds is 7. The van der Waals surface area contributed by atoms with Crippen LogP contribution in [-0.2, 0) is 17.8 Å². The first-order valence-electron chi connectivity index (χ1n) is 7.77. The van der Waals surface area contributed by atoms with Crippen LogP contribution < -0.4 is 14.2 Å². The summed E-state index contributed by atoms with van der Waals surface area (Å²) in [6, 6.07) is 9.89. The predicted molar refractivity (Wildman–Crippen MR) is 92.7 cm³/mol. The van der Waals surface area contributed by atoms with Gasteiger partial charge in [-0.05, 0) is 12.1 Å². The van der Waals surface area contributed by atoms with E-state index in [-0.39, 0.29) is 24.7 Å². The summed E-state index contributed by atoms with van der Waals surface area (Å²) < 4.78 is 29.7. The number of ether oxygens (including phenoxy) is 3. The summed E-state index contributed by atoms with van der Waals surface area (Å²) in [5.41, 5.74) is 1.14. The number of likely N-dealkylation sites (N-methyl/N-ethyl adjacent to an activating group) is 1. The molecule has 0 saturated carbocycles. The van der Waals surface area contributed by atoms with Crippen LogP contribution >= 0.6 is 0 Å². The molecule has 0 N–H and O–H groups in total. The number of nitrogens with zero attached hydrogens (tertiary/aromatic N) is 1. The lowest BCUT2D eigenvalue weighted by atomic mass is 10.1. The Balaban J connectivity index is 2.18. The summed E-state index contributed by atoms with van der Waals surface area (Å²) in [5, 5.41) is 0. The van der Waals surface area contributed by atoms with Gasteiger partial charge in [0.15, 0.2) is 11.5 Å². The van der Waals surface area contributed by atoms with E-state index >= 15 is 0 Å². The van der Waals surface area contributed by atoms with Gasteiger partial charge < -0.3 is 19.1 Å². The van der Waals surface area contributed by atoms with Gasteiger partial charge in [-0.15, -0.1) is 0 Å². The number of carbonyl (C=O) groups is 1. The molecule has 2 aromatic rings. The minimum Gasteiger partial charge on any atom is -0.493 e. The Hall–Kier alpha value is -2.76. The molecule has 134 valence electrons. The van der Waals surface area contributed by atoms with Gasteiger partial charge in [0.25, 0.3) is 0 Å². The van der Waals surface area contributed by atoms with E-state index < -0.39 is 0 Å². The summed E-state index contributed by atoms with van der Waals surface area (Å²) in [5.74, 6) is 0.927. The first kappa shape index (κ1) is 18.6. The van der Waals surface area contributed by atoms with E-state index in [1.54, 1.807) is 37.4 Å². The Kier molecular flexibility index (Phi) is 6.22. The molecule has 0 aliphatic heterocycles. The van der Waals surface area contributed by atoms with Gasteiger partial charge in [0.05, 0.1) is 27.8 Å². The average Bonchev–Trinajstić information content (AvgIpc) is 2.62. The van der Waals surface area contributed by atoms with E-state index in [0.717, 1.165) is 0 Å². The van der Waals surface area contributed by atoms with Crippen molar-refractivity contribution in [2.75, 3.05) is 28.4 Å². The second-order valence-corrected chi connectivity index (χ2v) is 5.51. The maximum atomic E-state index is 13.8. The van der Waals surface area contributed by atoms with E-state index in [9.17, 15) is 9.18 Å². The predicted octanol–water partition coefficient (Wildman–Crippen LogP) is 3.05. The van der Waals surface area contributed by atoms with Crippen molar-refractivity contribution < 1.29 is 23.4 Å². The molecule has 0 aromatic heterocycles. The molecule has 0 fully saturated rings. The normalized spacial score (nSPS) is 10.3. The second kappa shape index (κ2) is 8.37. The van der Waals surface area contributed by atoms with E-state index in [1.165, 1.54) is 32.3 Å². The van der Waals surface area contributed by atoms with Crippen LogP contribution in [0, 0.1) is 5.82 Å². The molecule has 6 heteroatoms. The maximum absolute atomic E-state index is 13.8. The number of amides is 1. The lowest BCUT2D eigenvalue weighted by molar-refractivity contribution is -0.129. The number of benzene rings is 2. The fourth-order valence-corrected chi connectivity index (χ4v) is 2.57. The Morgan fingerprint density at radius 3 is 2.24 bits per heavy atom. The van der Waals surface area contributed by atoms with Crippen molar-refractivity contribution in [2.45, 2.75) is 13.0 Å². The van der Waals surface area contributed by atoms with Crippen molar-refractivity contribution >= 4 is 5.91 Å². The summed E-state index contributed by atoms with van der Waals surface area (Å²) in [6.45, 7) is 0.196. The number of hydrogen-bond donors (Lipinski definition) is 0. The molecule has 5 nitrogen and oxygen atoms in total. The van der Waals surface area contributed by atoms with Gasteiger partial charge in [0.1, 0.15) is 5.82 Å². The van der Waals surface area contributed by atoms with E-state index in [1.807, 2.05) is 0 Å². The highest BCUT2D eigenvalue weighted by atomic mass is 19.1. The fourth-order valence-electron chi connectivity index (χ4n) is 2.57. The average molecular weight is 347 g/mol. The van der Waals surface area contributed by atoms with Crippen LogP contribution in [-0.4, -0.2) is 39.2 Å². The van der Waals surface area contributed by atoms with Crippen molar-refractivity contribution in [1.29, 1.82) is 0 Å². The van der Waals surface area contributed by atoms with Crippen molar-refractivity contribution in [3.8, 4) is 17.2 Å². The van der Waals surface area contributed by atoms with Gasteiger partial charge in [0, 0.05) is 24.7 Å². The largest absolute Gasteiger partial charge is 0.493 e. The summed E-state index contributed by atoms with van der Waals surface area (Å²) in [4.78, 5) is 14.0. The molecular weight excluding hydrogens is 325 g/mol. The van der Waals surface area contributed by atoms with Crippen LogP contribution in [0.15, 0.2) is 36.4 Å². The van der Waals surface area contributed by atoms with Crippen LogP contribution in [0.5, 0.6) is 17.2 Å². The summed E-state index contributed by atoms with van der Waals surface area (Å²) in [6.07, 6.45) is 0.106. The summed E-state index contributed by atoms with van der Waals surface area (Å²) >= 11 is 0. The lowest BCUT2D eigenvalue weighted by Crippen LogP contribution is -2.28. The van der Waals surface area contributed by atoms with Crippen LogP contribution in [0.25, 0.3) is 0 Å². The Bertz CT molecular complexity index is 748. The minimum absolute atomic E-state index is 0.106. The summed E-state index contributed by atoms with van der Waals surface area (Å²) in [7, 11) is 6.19. The highest BCUT2D eigenvalue weighted by Gasteiger charge is 2.19. The zero-order valence-electron chi connectivity index (χ0n) is 14.8. The highest BCUT2D eigenvalue weighted by molar-refractivity contribution is 5.80. The molecule has 0 unspecified atom stereocenters. The molecule has 2 aromatic carbocycles. The van der Waals surface area contributed by atoms with Crippen LogP contribution in [0.4, 0.5) is 4.39 Å². The number of methoxy groups -OCH3 is 3. The van der Waals surface area contributed by atoms with E-state index in [0.29, 0.717) is 28.4 Å². The molecular formula is C19H22FNO4. The molecule has 1 amide bonds. The monoisotopic (exact) mass is 347 g/mol. The van der Waals surface area contributed by atoms with Crippen molar-refractivity contribution in [1.82, 2.24) is 4.90 Å². The number of carbonyl (C=O) groups excluding carboxylic acids is 1. The number of halogens is 1. The van der Waals surface area contributed by atoms with Gasteiger partial charge in [-0.3, -0.25) is 4.79 Å². The quantitative estimate of drug-likeness (QED) is 0.772. The topological polar surface area (TPSA) is 48.0 Å². The standard InChI is InChI=1S/C19H22FNO4/c1-21(12-14-7-5-6-8-15(14)20)17(22)11-13-9-10-16(23-2)19(25-4)18(13)24-3/h5-10H,11-12H2,1-4H3. The molecule has 2 rings (SSSR count). The molecule has 0 heterocycles. The smallest absolute Gasteiger partial charge is 0.227 e. The third-order valence-corrected chi connectivity index (χ3v) is 3.92. The first-order chi connectivity index (χ1) is 12.0. The lowest BCUT2D eigenvalue weighted by Gasteiger charge is -2.20. The maximum Gasteiger partial charge on any atom is 0.227 e. The van der Waals surface area contributed by atoms with E-state index in [2.05, 4.69) is 0 Å². The molecule has 0 atom stereocenters. The highest BCUT2D eigenvalue weighted by Crippen LogP contribution is 2.40. The molecule has 25 heavy (non-hydrogen) atoms. The number of hydrogen-bond acceptors (Lipinski definition) is 4. The zero-order valence-corrected chi connectivity index (χ0v) is 14.8. The van der Waals surface area contributed by atoms with Crippen molar-refractivity contribution in [3.63, 3.8) is 0 Å². The Labute approximate surface area is 146 Å². The molecule has 0 spiro atoms. The van der Waals surface area contributed by atoms with Crippen LogP contribution in [0.2, 0.25) is 0 Å². The molecule has 0 aliphatic rings. The van der Waals surface area contributed by atoms with Gasteiger partial charge in [0.2, 0.25) is 11.7 Å². The third-order valence-electron chi connectivity index (χ3n) is 3.92. The molecule has 0 saturated heterocycles. The second-order valence-electron chi connectivity index (χ2n) is 5.51. The Morgan fingerprint density at radius 2 is 1.64 bits per heavy atom. The van der Waals surface area contributed by atoms with Gasteiger partial charge in [-0.2, -0.15) is 0 Å². The van der Waals surface area contributed by atoms with Crippen LogP contribution in [0.3, 0.4) is 0 Å². The minimum atomic E-state index is -0.328. The van der Waals surface area contributed by atoms with Crippen LogP contribution in [0.1, 0.15) is 11.1 Å². The molecule has 0 bridgehead atoms. The molecule has 0 radical (unpaired) electrons. The zero-order chi connectivity index (χ0) is 18.4. The van der Waals surface area contributed by atoms with Crippen molar-refractivity contribution in [2.24, 2.45) is 0 Å². The Morgan fingerprint density at radius 1 is 0.960 bits per heavy atom. The van der Waals surface area contributed by atoms with Gasteiger partial charge in [-0.1, -0.05) is 24.3 Å². The third kappa shape index (κ3) is 4.21. The molecule has 0 aliphatic carbocycles. The van der Waals surface area contributed by atoms with E-state index in [4.69, 9.17) is 14.2 Å². The van der Waals surface area contributed by atoms with Gasteiger partial charge in [-0.25, -0.2) is 4.39 Å².